The molecular formula is C14H18N2O2. The van der Waals surface area contributed by atoms with Crippen LogP contribution in [-0.4, -0.2) is 43.7 Å². The Bertz CT molecular complexity index is 448. The minimum Gasteiger partial charge on any atom is -0.364 e. The van der Waals surface area contributed by atoms with Gasteiger partial charge in [0.05, 0.1) is 11.6 Å². The van der Waals surface area contributed by atoms with E-state index in [1.54, 1.807) is 0 Å². The second-order valence-corrected chi connectivity index (χ2v) is 5.00. The number of carbonyl (C=O) groups excluding carboxylic acids is 1. The Kier molecular flexibility index (Phi) is 2.84. The summed E-state index contributed by atoms with van der Waals surface area (Å²) in [6, 6.07) is 10.2. The summed E-state index contributed by atoms with van der Waals surface area (Å²) >= 11 is 0. The first kappa shape index (κ1) is 11.7. The Morgan fingerprint density at radius 2 is 2.17 bits per heavy atom. The number of nitrogens with one attached hydrogen (secondary N) is 1. The van der Waals surface area contributed by atoms with Crippen LogP contribution in [0.4, 0.5) is 0 Å². The second-order valence-electron chi connectivity index (χ2n) is 5.00. The van der Waals surface area contributed by atoms with Gasteiger partial charge < -0.3 is 15.0 Å². The summed E-state index contributed by atoms with van der Waals surface area (Å²) in [5, 5.41) is 3.35. The lowest BCUT2D eigenvalue weighted by atomic mass is 9.77. The van der Waals surface area contributed by atoms with E-state index >= 15 is 0 Å². The molecule has 0 spiro atoms. The molecule has 18 heavy (non-hydrogen) atoms. The van der Waals surface area contributed by atoms with Gasteiger partial charge in [-0.15, -0.1) is 0 Å². The molecule has 2 fully saturated rings. The van der Waals surface area contributed by atoms with E-state index in [9.17, 15) is 4.79 Å². The summed E-state index contributed by atoms with van der Waals surface area (Å²) in [5.41, 5.74) is 0.869. The third-order valence-electron chi connectivity index (χ3n) is 4.20. The third-order valence-corrected chi connectivity index (χ3v) is 4.20. The van der Waals surface area contributed by atoms with Crippen molar-refractivity contribution in [3.05, 3.63) is 35.9 Å². The molecule has 2 heterocycles. The van der Waals surface area contributed by atoms with E-state index < -0.39 is 0 Å². The van der Waals surface area contributed by atoms with E-state index in [-0.39, 0.29) is 24.2 Å². The number of morpholine rings is 1. The predicted molar refractivity (Wildman–Crippen MR) is 68.1 cm³/mol. The topological polar surface area (TPSA) is 41.6 Å². The van der Waals surface area contributed by atoms with Crippen molar-refractivity contribution < 1.29 is 9.53 Å². The first-order valence-corrected chi connectivity index (χ1v) is 6.39. The molecule has 96 valence electrons. The van der Waals surface area contributed by atoms with Crippen LogP contribution >= 0.6 is 0 Å². The van der Waals surface area contributed by atoms with Crippen molar-refractivity contribution in [3.8, 4) is 0 Å². The molecule has 0 unspecified atom stereocenters. The number of fused-ring (bicyclic) bond motifs is 1. The maximum atomic E-state index is 12.0. The fraction of sp³-hybridized carbons (Fsp3) is 0.500. The maximum Gasteiger partial charge on any atom is 0.249 e. The zero-order valence-corrected chi connectivity index (χ0v) is 10.6. The molecule has 0 saturated carbocycles. The van der Waals surface area contributed by atoms with Crippen molar-refractivity contribution in [1.29, 1.82) is 0 Å². The standard InChI is InChI=1S/C14H18N2O2/c1-16-13(17)10-18-12-9-15-8-7-14(12,16)11-5-3-2-4-6-11/h2-6,12,15H,7-10H2,1H3/t12-,14+/m1/s1. The van der Waals surface area contributed by atoms with E-state index in [0.29, 0.717) is 0 Å². The zero-order chi connectivity index (χ0) is 12.6. The molecule has 4 heteroatoms. The summed E-state index contributed by atoms with van der Waals surface area (Å²) in [4.78, 5) is 13.9. The molecule has 1 N–H and O–H groups in total. The largest absolute Gasteiger partial charge is 0.364 e. The van der Waals surface area contributed by atoms with Crippen LogP contribution in [0.15, 0.2) is 30.3 Å². The third kappa shape index (κ3) is 1.56. The number of nitrogens with zero attached hydrogens (tertiary/aromatic N) is 1. The quantitative estimate of drug-likeness (QED) is 0.794. The molecule has 0 aromatic heterocycles. The predicted octanol–water partition coefficient (Wildman–Crippen LogP) is 0.732. The van der Waals surface area contributed by atoms with Crippen molar-refractivity contribution in [2.24, 2.45) is 0 Å². The van der Waals surface area contributed by atoms with Crippen molar-refractivity contribution in [1.82, 2.24) is 10.2 Å². The van der Waals surface area contributed by atoms with Crippen molar-refractivity contribution in [2.45, 2.75) is 18.1 Å². The molecular weight excluding hydrogens is 228 g/mol. The number of rotatable bonds is 1. The average Bonchev–Trinajstić information content (AvgIpc) is 2.44. The monoisotopic (exact) mass is 246 g/mol. The lowest BCUT2D eigenvalue weighted by molar-refractivity contribution is -0.175. The van der Waals surface area contributed by atoms with Crippen LogP contribution < -0.4 is 5.32 Å². The smallest absolute Gasteiger partial charge is 0.249 e. The highest BCUT2D eigenvalue weighted by Gasteiger charge is 2.50. The molecule has 1 aromatic carbocycles. The molecule has 3 rings (SSSR count). The van der Waals surface area contributed by atoms with Crippen LogP contribution in [0.1, 0.15) is 12.0 Å². The first-order chi connectivity index (χ1) is 8.75. The molecule has 2 atom stereocenters. The van der Waals surface area contributed by atoms with Gasteiger partial charge in [-0.05, 0) is 18.5 Å². The van der Waals surface area contributed by atoms with Gasteiger partial charge in [-0.1, -0.05) is 30.3 Å². The molecule has 0 bridgehead atoms. The van der Waals surface area contributed by atoms with Gasteiger partial charge in [0.25, 0.3) is 0 Å². The molecule has 2 aliphatic heterocycles. The van der Waals surface area contributed by atoms with E-state index in [2.05, 4.69) is 17.4 Å². The normalized spacial score (nSPS) is 32.2. The van der Waals surface area contributed by atoms with E-state index in [0.717, 1.165) is 19.5 Å². The van der Waals surface area contributed by atoms with Crippen molar-refractivity contribution in [3.63, 3.8) is 0 Å². The van der Waals surface area contributed by atoms with Crippen LogP contribution in [0.5, 0.6) is 0 Å². The summed E-state index contributed by atoms with van der Waals surface area (Å²) in [5.74, 6) is 0.0667. The molecule has 4 nitrogen and oxygen atoms in total. The highest BCUT2D eigenvalue weighted by molar-refractivity contribution is 5.79. The summed E-state index contributed by atoms with van der Waals surface area (Å²) < 4.78 is 5.77. The number of amides is 1. The number of carbonyl (C=O) groups is 1. The van der Waals surface area contributed by atoms with Gasteiger partial charge in [-0.25, -0.2) is 0 Å². The Labute approximate surface area is 107 Å². The number of ether oxygens (including phenoxy) is 1. The summed E-state index contributed by atoms with van der Waals surface area (Å²) in [6.45, 7) is 1.90. The zero-order valence-electron chi connectivity index (χ0n) is 10.6. The number of likely N-dealkylation sites (N-methyl/N-ethyl adjacent to an activating group) is 1. The van der Waals surface area contributed by atoms with Crippen molar-refractivity contribution in [2.75, 3.05) is 26.7 Å². The van der Waals surface area contributed by atoms with Crippen LogP contribution in [0, 0.1) is 0 Å². The molecule has 1 amide bonds. The first-order valence-electron chi connectivity index (χ1n) is 6.39. The highest BCUT2D eigenvalue weighted by Crippen LogP contribution is 2.40. The summed E-state index contributed by atoms with van der Waals surface area (Å²) in [7, 11) is 1.90. The van der Waals surface area contributed by atoms with Gasteiger partial charge in [0.1, 0.15) is 6.61 Å². The molecule has 1 aromatic rings. The Morgan fingerprint density at radius 1 is 1.39 bits per heavy atom. The van der Waals surface area contributed by atoms with Crippen LogP contribution in [-0.2, 0) is 15.1 Å². The Morgan fingerprint density at radius 3 is 2.94 bits per heavy atom. The van der Waals surface area contributed by atoms with Gasteiger partial charge in [0.15, 0.2) is 0 Å². The number of hydrogen-bond donors (Lipinski definition) is 1. The minimum atomic E-state index is -0.304. The minimum absolute atomic E-state index is 0.0383. The van der Waals surface area contributed by atoms with Gasteiger partial charge in [0.2, 0.25) is 5.91 Å². The number of hydrogen-bond acceptors (Lipinski definition) is 3. The SMILES string of the molecule is CN1C(=O)CO[C@@H]2CNCC[C@]21c1ccccc1. The van der Waals surface area contributed by atoms with Gasteiger partial charge >= 0.3 is 0 Å². The number of benzene rings is 1. The fourth-order valence-corrected chi connectivity index (χ4v) is 3.16. The molecule has 0 radical (unpaired) electrons. The lowest BCUT2D eigenvalue weighted by Gasteiger charge is -2.52. The van der Waals surface area contributed by atoms with Crippen LogP contribution in [0.3, 0.4) is 0 Å². The fourth-order valence-electron chi connectivity index (χ4n) is 3.16. The van der Waals surface area contributed by atoms with Gasteiger partial charge in [-0.2, -0.15) is 0 Å². The molecule has 2 aliphatic rings. The molecule has 0 aliphatic carbocycles. The second kappa shape index (κ2) is 4.37. The van der Waals surface area contributed by atoms with Crippen molar-refractivity contribution >= 4 is 5.91 Å². The lowest BCUT2D eigenvalue weighted by Crippen LogP contribution is -2.66. The summed E-state index contributed by atoms with van der Waals surface area (Å²) in [6.07, 6.45) is 0.931. The van der Waals surface area contributed by atoms with Crippen LogP contribution in [0.25, 0.3) is 0 Å². The average molecular weight is 246 g/mol. The van der Waals surface area contributed by atoms with Gasteiger partial charge in [-0.3, -0.25) is 4.79 Å². The van der Waals surface area contributed by atoms with Gasteiger partial charge in [0, 0.05) is 13.6 Å². The van der Waals surface area contributed by atoms with E-state index in [1.807, 2.05) is 30.1 Å². The Hall–Kier alpha value is -1.39. The van der Waals surface area contributed by atoms with Crippen LogP contribution in [0.2, 0.25) is 0 Å². The Balaban J connectivity index is 2.09. The maximum absolute atomic E-state index is 12.0. The molecule has 2 saturated heterocycles. The number of piperidine rings is 1. The highest BCUT2D eigenvalue weighted by atomic mass is 16.5. The van der Waals surface area contributed by atoms with E-state index in [1.165, 1.54) is 5.56 Å². The van der Waals surface area contributed by atoms with E-state index in [4.69, 9.17) is 4.74 Å².